The summed E-state index contributed by atoms with van der Waals surface area (Å²) in [4.78, 5) is 0. The lowest BCUT2D eigenvalue weighted by molar-refractivity contribution is 2.27. The molecule has 0 heterocycles. The van der Waals surface area contributed by atoms with E-state index in [9.17, 15) is 0 Å². The Balaban J connectivity index is 2.68. The van der Waals surface area contributed by atoms with Crippen LogP contribution in [0.4, 0.5) is 0 Å². The molecule has 0 nitrogen and oxygen atoms in total. The second-order valence-corrected chi connectivity index (χ2v) is 3.06. The standard InChI is InChI=1S/C5H8S2/c1-3-6-5-7-4-2/h3-4H,1-2,5H2. The van der Waals surface area contributed by atoms with Crippen LogP contribution in [-0.4, -0.2) is 5.08 Å². The van der Waals surface area contributed by atoms with Crippen LogP contribution in [0, 0.1) is 0 Å². The first kappa shape index (κ1) is 7.18. The van der Waals surface area contributed by atoms with Gasteiger partial charge in [0.1, 0.15) is 0 Å². The molecule has 0 aromatic carbocycles. The molecule has 0 bridgehead atoms. The third-order valence-corrected chi connectivity index (χ3v) is 1.93. The highest BCUT2D eigenvalue weighted by molar-refractivity contribution is 8.18. The molecule has 0 saturated carbocycles. The summed E-state index contributed by atoms with van der Waals surface area (Å²) in [5, 5.41) is 4.69. The van der Waals surface area contributed by atoms with Gasteiger partial charge in [0.2, 0.25) is 0 Å². The van der Waals surface area contributed by atoms with Crippen LogP contribution in [-0.2, 0) is 0 Å². The van der Waals surface area contributed by atoms with Crippen LogP contribution < -0.4 is 0 Å². The first-order valence-corrected chi connectivity index (χ1v) is 3.96. The minimum atomic E-state index is 1.03. The van der Waals surface area contributed by atoms with E-state index in [0.29, 0.717) is 0 Å². The summed E-state index contributed by atoms with van der Waals surface area (Å²) < 4.78 is 0. The topological polar surface area (TPSA) is 0 Å². The van der Waals surface area contributed by atoms with E-state index < -0.39 is 0 Å². The van der Waals surface area contributed by atoms with Gasteiger partial charge >= 0.3 is 0 Å². The maximum absolute atomic E-state index is 3.55. The smallest absolute Gasteiger partial charge is 0.0474 e. The summed E-state index contributed by atoms with van der Waals surface area (Å²) in [5.74, 6) is 0. The summed E-state index contributed by atoms with van der Waals surface area (Å²) in [5.41, 5.74) is 0. The highest BCUT2D eigenvalue weighted by atomic mass is 32.2. The zero-order valence-electron chi connectivity index (χ0n) is 4.09. The highest BCUT2D eigenvalue weighted by Gasteiger charge is 1.74. The van der Waals surface area contributed by atoms with Gasteiger partial charge in [-0.1, -0.05) is 13.2 Å². The van der Waals surface area contributed by atoms with E-state index in [4.69, 9.17) is 0 Å². The van der Waals surface area contributed by atoms with E-state index in [1.165, 1.54) is 0 Å². The van der Waals surface area contributed by atoms with Gasteiger partial charge in [-0.3, -0.25) is 0 Å². The van der Waals surface area contributed by atoms with Crippen molar-refractivity contribution in [3.63, 3.8) is 0 Å². The fourth-order valence-corrected chi connectivity index (χ4v) is 1.22. The molecule has 0 N–H and O–H groups in total. The van der Waals surface area contributed by atoms with Crippen molar-refractivity contribution in [1.29, 1.82) is 0 Å². The van der Waals surface area contributed by atoms with Crippen LogP contribution >= 0.6 is 23.5 Å². The molecular weight excluding hydrogens is 124 g/mol. The van der Waals surface area contributed by atoms with Crippen LogP contribution in [0.5, 0.6) is 0 Å². The van der Waals surface area contributed by atoms with Crippen LogP contribution in [0.1, 0.15) is 0 Å². The maximum atomic E-state index is 3.55. The Hall–Kier alpha value is 0.180. The molecule has 0 spiro atoms. The quantitative estimate of drug-likeness (QED) is 0.426. The van der Waals surface area contributed by atoms with Crippen LogP contribution in [0.3, 0.4) is 0 Å². The van der Waals surface area contributed by atoms with Crippen molar-refractivity contribution in [1.82, 2.24) is 0 Å². The minimum absolute atomic E-state index is 1.03. The molecule has 0 radical (unpaired) electrons. The first-order valence-electron chi connectivity index (χ1n) is 1.87. The van der Waals surface area contributed by atoms with Crippen molar-refractivity contribution >= 4 is 23.5 Å². The second-order valence-electron chi connectivity index (χ2n) is 0.785. The van der Waals surface area contributed by atoms with Gasteiger partial charge in [0, 0.05) is 5.08 Å². The van der Waals surface area contributed by atoms with Gasteiger partial charge in [-0.2, -0.15) is 0 Å². The number of hydrogen-bond donors (Lipinski definition) is 0. The molecule has 0 amide bonds. The average molecular weight is 132 g/mol. The van der Waals surface area contributed by atoms with Crippen LogP contribution in [0.2, 0.25) is 0 Å². The van der Waals surface area contributed by atoms with Crippen LogP contribution in [0.25, 0.3) is 0 Å². The Kier molecular flexibility index (Phi) is 6.34. The minimum Gasteiger partial charge on any atom is -0.123 e. The third kappa shape index (κ3) is 6.18. The normalized spacial score (nSPS) is 8.00. The molecule has 0 rings (SSSR count). The van der Waals surface area contributed by atoms with Gasteiger partial charge in [0.15, 0.2) is 0 Å². The van der Waals surface area contributed by atoms with Crippen molar-refractivity contribution in [2.75, 3.05) is 5.08 Å². The van der Waals surface area contributed by atoms with Crippen molar-refractivity contribution in [3.05, 3.63) is 24.0 Å². The molecule has 0 aliphatic carbocycles. The Morgan fingerprint density at radius 2 is 1.57 bits per heavy atom. The summed E-state index contributed by atoms with van der Waals surface area (Å²) in [6.07, 6.45) is 0. The van der Waals surface area contributed by atoms with E-state index in [-0.39, 0.29) is 0 Å². The lowest BCUT2D eigenvalue weighted by Gasteiger charge is -1.84. The number of thioether (sulfide) groups is 2. The van der Waals surface area contributed by atoms with Crippen molar-refractivity contribution in [2.45, 2.75) is 0 Å². The third-order valence-electron chi connectivity index (χ3n) is 0.372. The molecule has 0 aromatic heterocycles. The van der Waals surface area contributed by atoms with Gasteiger partial charge in [0.05, 0.1) is 0 Å². The molecule has 40 valence electrons. The van der Waals surface area contributed by atoms with Gasteiger partial charge in [-0.15, -0.1) is 23.5 Å². The molecule has 7 heavy (non-hydrogen) atoms. The van der Waals surface area contributed by atoms with Gasteiger partial charge in [0.25, 0.3) is 0 Å². The highest BCUT2D eigenvalue weighted by Crippen LogP contribution is 2.11. The van der Waals surface area contributed by atoms with Gasteiger partial charge in [-0.25, -0.2) is 0 Å². The van der Waals surface area contributed by atoms with Gasteiger partial charge in [-0.05, 0) is 10.8 Å². The van der Waals surface area contributed by atoms with Crippen LogP contribution in [0.15, 0.2) is 24.0 Å². The number of hydrogen-bond acceptors (Lipinski definition) is 2. The molecule has 0 atom stereocenters. The lowest BCUT2D eigenvalue weighted by atomic mass is 11.3. The predicted octanol–water partition coefficient (Wildman–Crippen LogP) is 2.70. The Bertz CT molecular complexity index is 51.1. The van der Waals surface area contributed by atoms with Gasteiger partial charge < -0.3 is 0 Å². The maximum Gasteiger partial charge on any atom is 0.0474 e. The molecule has 0 aliphatic heterocycles. The fourth-order valence-electron chi connectivity index (χ4n) is 0.136. The number of rotatable bonds is 4. The lowest BCUT2D eigenvalue weighted by Crippen LogP contribution is -1.55. The van der Waals surface area contributed by atoms with E-state index in [2.05, 4.69) is 13.2 Å². The summed E-state index contributed by atoms with van der Waals surface area (Å²) in [6.45, 7) is 7.10. The second kappa shape index (κ2) is 6.18. The molecule has 2 heteroatoms. The predicted molar refractivity (Wildman–Crippen MR) is 40.4 cm³/mol. The van der Waals surface area contributed by atoms with Crippen molar-refractivity contribution in [3.8, 4) is 0 Å². The van der Waals surface area contributed by atoms with E-state index >= 15 is 0 Å². The van der Waals surface area contributed by atoms with Crippen molar-refractivity contribution in [2.24, 2.45) is 0 Å². The van der Waals surface area contributed by atoms with Crippen molar-refractivity contribution < 1.29 is 0 Å². The summed E-state index contributed by atoms with van der Waals surface area (Å²) in [7, 11) is 0. The monoisotopic (exact) mass is 132 g/mol. The molecular formula is C5H8S2. The molecule has 0 saturated heterocycles. The average Bonchev–Trinajstić information content (AvgIpc) is 1.69. The Morgan fingerprint density at radius 3 is 1.86 bits per heavy atom. The molecule has 0 aromatic rings. The zero-order chi connectivity index (χ0) is 5.54. The SMILES string of the molecule is C=CSCSC=C. The molecule has 0 aliphatic rings. The Morgan fingerprint density at radius 1 is 1.14 bits per heavy atom. The van der Waals surface area contributed by atoms with E-state index in [1.807, 2.05) is 10.8 Å². The largest absolute Gasteiger partial charge is 0.123 e. The fraction of sp³-hybridized carbons (Fsp3) is 0.200. The van der Waals surface area contributed by atoms with E-state index in [1.54, 1.807) is 23.5 Å². The summed E-state index contributed by atoms with van der Waals surface area (Å²) >= 11 is 3.38. The molecule has 0 fully saturated rings. The zero-order valence-corrected chi connectivity index (χ0v) is 5.73. The first-order chi connectivity index (χ1) is 3.41. The summed E-state index contributed by atoms with van der Waals surface area (Å²) in [6, 6.07) is 0. The Labute approximate surface area is 53.1 Å². The van der Waals surface area contributed by atoms with E-state index in [0.717, 1.165) is 5.08 Å². The molecule has 0 unspecified atom stereocenters.